The normalized spacial score (nSPS) is 10.4. The standard InChI is InChI=1S/C14H21N3O3/c1-10(2)16-9-13(19)17-12-5-3-11(4-6-12)14(20)15-7-8-18/h3-6,10,16,18H,7-9H2,1-2H3,(H,15,20)(H,17,19). The van der Waals surface area contributed by atoms with Crippen LogP contribution in [0.5, 0.6) is 0 Å². The molecule has 0 unspecified atom stereocenters. The van der Waals surface area contributed by atoms with Crippen LogP contribution >= 0.6 is 0 Å². The number of rotatable bonds is 7. The number of amides is 2. The first-order valence-electron chi connectivity index (χ1n) is 6.55. The average molecular weight is 279 g/mol. The second-order valence-electron chi connectivity index (χ2n) is 4.64. The van der Waals surface area contributed by atoms with Crippen LogP contribution in [-0.2, 0) is 4.79 Å². The summed E-state index contributed by atoms with van der Waals surface area (Å²) in [5.74, 6) is -0.380. The fraction of sp³-hybridized carbons (Fsp3) is 0.429. The van der Waals surface area contributed by atoms with Gasteiger partial charge in [0.15, 0.2) is 0 Å². The van der Waals surface area contributed by atoms with Gasteiger partial charge in [0.05, 0.1) is 13.2 Å². The fourth-order valence-electron chi connectivity index (χ4n) is 1.48. The molecule has 1 rings (SSSR count). The van der Waals surface area contributed by atoms with Crippen LogP contribution in [0.15, 0.2) is 24.3 Å². The van der Waals surface area contributed by atoms with Crippen LogP contribution in [0.4, 0.5) is 5.69 Å². The van der Waals surface area contributed by atoms with Crippen LogP contribution in [0.1, 0.15) is 24.2 Å². The van der Waals surface area contributed by atoms with Gasteiger partial charge < -0.3 is 21.1 Å². The van der Waals surface area contributed by atoms with Crippen LogP contribution in [0.25, 0.3) is 0 Å². The third-order valence-electron chi connectivity index (χ3n) is 2.50. The molecule has 4 N–H and O–H groups in total. The van der Waals surface area contributed by atoms with Gasteiger partial charge in [0.2, 0.25) is 5.91 Å². The van der Waals surface area contributed by atoms with Gasteiger partial charge in [-0.15, -0.1) is 0 Å². The van der Waals surface area contributed by atoms with E-state index in [0.717, 1.165) is 0 Å². The highest BCUT2D eigenvalue weighted by Crippen LogP contribution is 2.09. The van der Waals surface area contributed by atoms with E-state index in [1.165, 1.54) is 0 Å². The van der Waals surface area contributed by atoms with Crippen LogP contribution in [0.2, 0.25) is 0 Å². The highest BCUT2D eigenvalue weighted by atomic mass is 16.3. The molecule has 0 saturated carbocycles. The maximum absolute atomic E-state index is 11.6. The molecule has 6 nitrogen and oxygen atoms in total. The maximum Gasteiger partial charge on any atom is 0.251 e. The molecule has 0 aliphatic carbocycles. The van der Waals surface area contributed by atoms with Gasteiger partial charge in [-0.1, -0.05) is 13.8 Å². The summed E-state index contributed by atoms with van der Waals surface area (Å²) in [6, 6.07) is 6.83. The Morgan fingerprint density at radius 3 is 2.40 bits per heavy atom. The van der Waals surface area contributed by atoms with Crippen LogP contribution in [0, 0.1) is 0 Å². The van der Waals surface area contributed by atoms with E-state index in [1.807, 2.05) is 13.8 Å². The van der Waals surface area contributed by atoms with E-state index in [0.29, 0.717) is 11.3 Å². The maximum atomic E-state index is 11.6. The number of aliphatic hydroxyl groups is 1. The SMILES string of the molecule is CC(C)NCC(=O)Nc1ccc(C(=O)NCCO)cc1. The molecule has 2 amide bonds. The Hall–Kier alpha value is -1.92. The number of hydrogen-bond acceptors (Lipinski definition) is 4. The predicted molar refractivity (Wildman–Crippen MR) is 77.6 cm³/mol. The molecule has 20 heavy (non-hydrogen) atoms. The molecule has 110 valence electrons. The van der Waals surface area contributed by atoms with Crippen molar-refractivity contribution in [2.24, 2.45) is 0 Å². The van der Waals surface area contributed by atoms with Crippen LogP contribution in [0.3, 0.4) is 0 Å². The summed E-state index contributed by atoms with van der Waals surface area (Å²) in [6.45, 7) is 4.30. The lowest BCUT2D eigenvalue weighted by molar-refractivity contribution is -0.115. The number of nitrogens with one attached hydrogen (secondary N) is 3. The van der Waals surface area contributed by atoms with Crippen molar-refractivity contribution in [1.82, 2.24) is 10.6 Å². The van der Waals surface area contributed by atoms with Crippen molar-refractivity contribution >= 4 is 17.5 Å². The minimum absolute atomic E-state index is 0.0945. The summed E-state index contributed by atoms with van der Waals surface area (Å²) in [5, 5.41) is 16.9. The minimum Gasteiger partial charge on any atom is -0.395 e. The largest absolute Gasteiger partial charge is 0.395 e. The number of aliphatic hydroxyl groups excluding tert-OH is 1. The van der Waals surface area contributed by atoms with Crippen LogP contribution < -0.4 is 16.0 Å². The van der Waals surface area contributed by atoms with Crippen LogP contribution in [-0.4, -0.2) is 42.7 Å². The smallest absolute Gasteiger partial charge is 0.251 e. The van der Waals surface area contributed by atoms with E-state index < -0.39 is 0 Å². The molecule has 1 aromatic rings. The lowest BCUT2D eigenvalue weighted by atomic mass is 10.2. The molecular weight excluding hydrogens is 258 g/mol. The second-order valence-corrected chi connectivity index (χ2v) is 4.64. The Labute approximate surface area is 118 Å². The number of anilines is 1. The molecular formula is C14H21N3O3. The Kier molecular flexibility index (Phi) is 6.69. The van der Waals surface area contributed by atoms with E-state index in [-0.39, 0.29) is 37.6 Å². The molecule has 0 heterocycles. The fourth-order valence-corrected chi connectivity index (χ4v) is 1.48. The Bertz CT molecular complexity index is 443. The molecule has 0 aliphatic heterocycles. The zero-order chi connectivity index (χ0) is 15.0. The van der Waals surface area contributed by atoms with E-state index in [2.05, 4.69) is 16.0 Å². The monoisotopic (exact) mass is 279 g/mol. The summed E-state index contributed by atoms with van der Waals surface area (Å²) >= 11 is 0. The molecule has 0 atom stereocenters. The van der Waals surface area contributed by atoms with Gasteiger partial charge in [0.25, 0.3) is 5.91 Å². The Balaban J connectivity index is 2.50. The summed E-state index contributed by atoms with van der Waals surface area (Å²) in [6.07, 6.45) is 0. The molecule has 6 heteroatoms. The van der Waals surface area contributed by atoms with Crippen molar-refractivity contribution in [3.05, 3.63) is 29.8 Å². The number of carbonyl (C=O) groups excluding carboxylic acids is 2. The quantitative estimate of drug-likeness (QED) is 0.579. The summed E-state index contributed by atoms with van der Waals surface area (Å²) in [5.41, 5.74) is 1.12. The van der Waals surface area contributed by atoms with Crippen molar-refractivity contribution in [3.63, 3.8) is 0 Å². The van der Waals surface area contributed by atoms with Crippen molar-refractivity contribution in [1.29, 1.82) is 0 Å². The number of hydrogen-bond donors (Lipinski definition) is 4. The van der Waals surface area contributed by atoms with Gasteiger partial charge in [0.1, 0.15) is 0 Å². The highest BCUT2D eigenvalue weighted by molar-refractivity contribution is 5.96. The van der Waals surface area contributed by atoms with Gasteiger partial charge >= 0.3 is 0 Å². The van der Waals surface area contributed by atoms with Gasteiger partial charge in [-0.05, 0) is 24.3 Å². The van der Waals surface area contributed by atoms with E-state index in [4.69, 9.17) is 5.11 Å². The second kappa shape index (κ2) is 8.29. The van der Waals surface area contributed by atoms with Gasteiger partial charge in [-0.2, -0.15) is 0 Å². The number of carbonyl (C=O) groups is 2. The first-order chi connectivity index (χ1) is 9.52. The van der Waals surface area contributed by atoms with E-state index in [9.17, 15) is 9.59 Å². The van der Waals surface area contributed by atoms with Crippen molar-refractivity contribution in [3.8, 4) is 0 Å². The molecule has 0 spiro atoms. The van der Waals surface area contributed by atoms with Gasteiger partial charge in [-0.3, -0.25) is 9.59 Å². The lowest BCUT2D eigenvalue weighted by Gasteiger charge is -2.09. The first-order valence-corrected chi connectivity index (χ1v) is 6.55. The van der Waals surface area contributed by atoms with Gasteiger partial charge in [-0.25, -0.2) is 0 Å². The Morgan fingerprint density at radius 2 is 1.85 bits per heavy atom. The van der Waals surface area contributed by atoms with Crippen molar-refractivity contribution < 1.29 is 14.7 Å². The zero-order valence-corrected chi connectivity index (χ0v) is 11.8. The van der Waals surface area contributed by atoms with E-state index in [1.54, 1.807) is 24.3 Å². The van der Waals surface area contributed by atoms with Gasteiger partial charge in [0, 0.05) is 23.8 Å². The zero-order valence-electron chi connectivity index (χ0n) is 11.8. The van der Waals surface area contributed by atoms with Crippen molar-refractivity contribution in [2.45, 2.75) is 19.9 Å². The topological polar surface area (TPSA) is 90.5 Å². The van der Waals surface area contributed by atoms with E-state index >= 15 is 0 Å². The summed E-state index contributed by atoms with van der Waals surface area (Å²) in [4.78, 5) is 23.2. The predicted octanol–water partition coefficient (Wildman–Crippen LogP) is 0.345. The molecule has 1 aromatic carbocycles. The highest BCUT2D eigenvalue weighted by Gasteiger charge is 2.06. The molecule has 0 saturated heterocycles. The average Bonchev–Trinajstić information content (AvgIpc) is 2.43. The minimum atomic E-state index is -0.251. The molecule has 0 bridgehead atoms. The Morgan fingerprint density at radius 1 is 1.20 bits per heavy atom. The summed E-state index contributed by atoms with van der Waals surface area (Å²) < 4.78 is 0. The third kappa shape index (κ3) is 5.81. The van der Waals surface area contributed by atoms with Crippen molar-refractivity contribution in [2.75, 3.05) is 25.0 Å². The molecule has 0 radical (unpaired) electrons. The third-order valence-corrected chi connectivity index (χ3v) is 2.50. The molecule has 0 fully saturated rings. The molecule has 0 aromatic heterocycles. The summed E-state index contributed by atoms with van der Waals surface area (Å²) in [7, 11) is 0. The lowest BCUT2D eigenvalue weighted by Crippen LogP contribution is -2.32. The first kappa shape index (κ1) is 16.1. The number of benzene rings is 1. The molecule has 0 aliphatic rings.